The van der Waals surface area contributed by atoms with Gasteiger partial charge in [-0.05, 0) is 229 Å². The summed E-state index contributed by atoms with van der Waals surface area (Å²) in [5.74, 6) is 0. The van der Waals surface area contributed by atoms with Gasteiger partial charge in [0, 0.05) is 49.8 Å². The number of rotatable bonds is 30. The summed E-state index contributed by atoms with van der Waals surface area (Å²) in [4.78, 5) is 25.9. The molecule has 1 aromatic carbocycles. The van der Waals surface area contributed by atoms with Crippen molar-refractivity contribution < 1.29 is 0 Å². The summed E-state index contributed by atoms with van der Waals surface area (Å²) in [5, 5.41) is 2.32. The molecule has 8 aromatic heterocycles. The van der Waals surface area contributed by atoms with E-state index in [0.717, 1.165) is 58.9 Å². The third-order valence-corrected chi connectivity index (χ3v) is 25.9. The second-order valence-corrected chi connectivity index (χ2v) is 31.4. The number of aromatic nitrogens is 2. The van der Waals surface area contributed by atoms with Crippen LogP contribution in [0, 0.1) is 5.77 Å². The first kappa shape index (κ1) is 60.3. The van der Waals surface area contributed by atoms with Crippen LogP contribution in [-0.2, 0) is 51.4 Å². The fourth-order valence-electron chi connectivity index (χ4n) is 11.2. The molecule has 0 spiro atoms. The molecule has 0 aliphatic heterocycles. The van der Waals surface area contributed by atoms with Crippen LogP contribution >= 0.6 is 113 Å². The Morgan fingerprint density at radius 1 is 0.282 bits per heavy atom. The molecular formula is C68H82I2N2S6. The molecule has 2 nitrogen and oxygen atoms in total. The highest BCUT2D eigenvalue weighted by atomic mass is 127. The quantitative estimate of drug-likeness (QED) is 0.0331. The first-order valence-electron chi connectivity index (χ1n) is 30.0. The molecule has 0 radical (unpaired) electrons. The molecule has 9 rings (SSSR count). The van der Waals surface area contributed by atoms with Crippen LogP contribution in [0.1, 0.15) is 203 Å². The minimum absolute atomic E-state index is 1.02. The highest BCUT2D eigenvalue weighted by molar-refractivity contribution is 14.1. The zero-order valence-corrected chi connectivity index (χ0v) is 57.1. The van der Waals surface area contributed by atoms with Crippen LogP contribution in [0.4, 0.5) is 0 Å². The number of unbranched alkanes of at least 4 members (excludes halogenated alkanes) is 8. The van der Waals surface area contributed by atoms with Crippen LogP contribution in [0.25, 0.3) is 82.0 Å². The molecule has 9 aromatic rings. The Morgan fingerprint density at radius 2 is 0.526 bits per heavy atom. The molecule has 10 heteroatoms. The maximum absolute atomic E-state index is 5.76. The number of hydrogen-bond donors (Lipinski definition) is 0. The number of nitrogens with zero attached hydrogens (tertiary/aromatic N) is 2. The molecule has 8 heterocycles. The normalized spacial score (nSPS) is 11.9. The molecule has 0 N–H and O–H groups in total. The molecule has 78 heavy (non-hydrogen) atoms. The lowest BCUT2D eigenvalue weighted by Crippen LogP contribution is -1.96. The summed E-state index contributed by atoms with van der Waals surface area (Å²) in [6, 6.07) is 23.6. The van der Waals surface area contributed by atoms with Gasteiger partial charge in [-0.3, -0.25) is 0 Å². The Hall–Kier alpha value is -2.30. The Bertz CT molecular complexity index is 3180. The number of benzene rings is 1. The van der Waals surface area contributed by atoms with E-state index in [1.165, 1.54) is 194 Å². The molecule has 0 fully saturated rings. The van der Waals surface area contributed by atoms with Gasteiger partial charge in [0.05, 0.1) is 37.9 Å². The van der Waals surface area contributed by atoms with Crippen LogP contribution in [0.3, 0.4) is 0 Å². The average molecular weight is 1370 g/mol. The first-order valence-corrected chi connectivity index (χ1v) is 37.1. The van der Waals surface area contributed by atoms with E-state index in [2.05, 4.69) is 161 Å². The molecule has 0 saturated heterocycles. The Kier molecular flexibility index (Phi) is 22.6. The van der Waals surface area contributed by atoms with Gasteiger partial charge in [-0.2, -0.15) is 0 Å². The number of thiophene rings is 6. The lowest BCUT2D eigenvalue weighted by Gasteiger charge is -2.11. The van der Waals surface area contributed by atoms with Crippen LogP contribution in [0.5, 0.6) is 0 Å². The van der Waals surface area contributed by atoms with Gasteiger partial charge in [0.25, 0.3) is 0 Å². The third kappa shape index (κ3) is 13.4. The van der Waals surface area contributed by atoms with E-state index in [1.807, 2.05) is 68.0 Å². The minimum Gasteiger partial charge on any atom is -0.245 e. The van der Waals surface area contributed by atoms with Gasteiger partial charge in [-0.1, -0.05) is 131 Å². The van der Waals surface area contributed by atoms with Crippen LogP contribution < -0.4 is 0 Å². The summed E-state index contributed by atoms with van der Waals surface area (Å²) in [6.45, 7) is 18.7. The van der Waals surface area contributed by atoms with E-state index in [9.17, 15) is 0 Å². The molecule has 0 saturated carbocycles. The van der Waals surface area contributed by atoms with E-state index >= 15 is 0 Å². The smallest absolute Gasteiger partial charge is 0.0972 e. The predicted molar refractivity (Wildman–Crippen MR) is 371 cm³/mol. The lowest BCUT2D eigenvalue weighted by molar-refractivity contribution is 0.761. The second kappa shape index (κ2) is 29.3. The van der Waals surface area contributed by atoms with Crippen molar-refractivity contribution in [3.05, 3.63) is 111 Å². The van der Waals surface area contributed by atoms with Crippen molar-refractivity contribution in [2.75, 3.05) is 0 Å². The first-order chi connectivity index (χ1) is 38.2. The van der Waals surface area contributed by atoms with Gasteiger partial charge >= 0.3 is 0 Å². The SMILES string of the molecule is CCCCc1c(I)sc(-c2ccc(-c3sc(-c4ccc5ccc6ccc(-c7sc(-c8ccc(-c9sc(I)c(CCCC)c9CCCC)s8)c(CCCC)c7CCCC)nc6c5n4)c(CCCC)c3CCCC)s2)c1CCCC. The number of halogens is 2. The van der Waals surface area contributed by atoms with Crippen molar-refractivity contribution in [2.45, 2.75) is 209 Å². The zero-order chi connectivity index (χ0) is 54.7. The predicted octanol–water partition coefficient (Wildman–Crippen LogP) is 25.1. The number of fused-ring (bicyclic) bond motifs is 3. The fraction of sp³-hybridized carbons (Fsp3) is 0.471. The van der Waals surface area contributed by atoms with E-state index in [4.69, 9.17) is 9.97 Å². The highest BCUT2D eigenvalue weighted by Crippen LogP contribution is 2.52. The molecule has 0 bridgehead atoms. The zero-order valence-electron chi connectivity index (χ0n) is 47.8. The fourth-order valence-corrected chi connectivity index (χ4v) is 21.3. The van der Waals surface area contributed by atoms with Crippen molar-refractivity contribution >= 4 is 135 Å². The van der Waals surface area contributed by atoms with Crippen LogP contribution in [-0.4, -0.2) is 9.97 Å². The monoisotopic (exact) mass is 1370 g/mol. The van der Waals surface area contributed by atoms with Gasteiger partial charge in [0.15, 0.2) is 0 Å². The summed E-state index contributed by atoms with van der Waals surface area (Å²) in [5.41, 5.74) is 16.9. The Labute approximate surface area is 520 Å². The van der Waals surface area contributed by atoms with E-state index in [1.54, 1.807) is 33.4 Å². The lowest BCUT2D eigenvalue weighted by atomic mass is 9.96. The summed E-state index contributed by atoms with van der Waals surface area (Å²) in [7, 11) is 0. The largest absolute Gasteiger partial charge is 0.245 e. The highest BCUT2D eigenvalue weighted by Gasteiger charge is 2.27. The van der Waals surface area contributed by atoms with Gasteiger partial charge in [0.2, 0.25) is 0 Å². The summed E-state index contributed by atoms with van der Waals surface area (Å²) >= 11 is 17.5. The van der Waals surface area contributed by atoms with Crippen LogP contribution in [0.15, 0.2) is 60.7 Å². The van der Waals surface area contributed by atoms with Gasteiger partial charge in [-0.15, -0.1) is 68.0 Å². The maximum Gasteiger partial charge on any atom is 0.0972 e. The average Bonchev–Trinajstić information content (AvgIpc) is 4.47. The van der Waals surface area contributed by atoms with Gasteiger partial charge < -0.3 is 0 Å². The van der Waals surface area contributed by atoms with Crippen molar-refractivity contribution in [3.63, 3.8) is 0 Å². The van der Waals surface area contributed by atoms with E-state index in [-0.39, 0.29) is 0 Å². The van der Waals surface area contributed by atoms with Crippen molar-refractivity contribution in [2.24, 2.45) is 0 Å². The van der Waals surface area contributed by atoms with Crippen molar-refractivity contribution in [1.29, 1.82) is 0 Å². The standard InChI is InChI=1S/C68H82I2N2S6/c1-9-17-25-45-47(27-19-11-3)63(55-39-41-57(73-55)65-49(29-21-13-5)51(31-23-15-7)67(69)77-65)75-61(45)53-37-35-43-33-34-44-36-38-54(72-60(44)59(43)71-53)62-46(26-18-10-2)48(28-20-12-4)64(76-62)56-40-42-58(74-56)66-50(30-22-14-6)52(32-24-16-8)68(70)78-66/h33-42H,9-32H2,1-8H3. The number of pyridine rings is 2. The van der Waals surface area contributed by atoms with E-state index in [0.29, 0.717) is 0 Å². The van der Waals surface area contributed by atoms with Gasteiger partial charge in [-0.25, -0.2) is 9.97 Å². The second-order valence-electron chi connectivity index (χ2n) is 21.5. The Morgan fingerprint density at radius 3 is 0.821 bits per heavy atom. The molecule has 414 valence electrons. The number of hydrogen-bond acceptors (Lipinski definition) is 8. The molecular weight excluding hydrogens is 1290 g/mol. The molecule has 0 aliphatic rings. The molecule has 0 aliphatic carbocycles. The van der Waals surface area contributed by atoms with Crippen molar-refractivity contribution in [3.8, 4) is 60.2 Å². The topological polar surface area (TPSA) is 25.8 Å². The molecule has 0 atom stereocenters. The Balaban J connectivity index is 1.15. The summed E-state index contributed by atoms with van der Waals surface area (Å²) in [6.07, 6.45) is 28.6. The van der Waals surface area contributed by atoms with Crippen molar-refractivity contribution in [1.82, 2.24) is 9.97 Å². The molecule has 0 unspecified atom stereocenters. The van der Waals surface area contributed by atoms with Crippen LogP contribution in [0.2, 0.25) is 0 Å². The minimum atomic E-state index is 1.02. The third-order valence-electron chi connectivity index (χ3n) is 15.7. The molecule has 0 amide bonds. The van der Waals surface area contributed by atoms with Gasteiger partial charge in [0.1, 0.15) is 0 Å². The maximum atomic E-state index is 5.76. The summed E-state index contributed by atoms with van der Waals surface area (Å²) < 4.78 is 2.99. The van der Waals surface area contributed by atoms with E-state index < -0.39 is 0 Å².